The van der Waals surface area contributed by atoms with Crippen LogP contribution in [-0.4, -0.2) is 6.54 Å². The van der Waals surface area contributed by atoms with E-state index in [2.05, 4.69) is 0 Å². The third-order valence-corrected chi connectivity index (χ3v) is 2.93. The van der Waals surface area contributed by atoms with Crippen LogP contribution in [0.25, 0.3) is 0 Å². The van der Waals surface area contributed by atoms with Gasteiger partial charge in [0.2, 0.25) is 0 Å². The van der Waals surface area contributed by atoms with Crippen LogP contribution in [0.5, 0.6) is 0 Å². The topological polar surface area (TPSA) is 26.0 Å². The number of hydrogen-bond acceptors (Lipinski definition) is 1. The third kappa shape index (κ3) is 2.16. The van der Waals surface area contributed by atoms with Crippen LogP contribution in [0.2, 0.25) is 0 Å². The fraction of sp³-hybridized carbons (Fsp3) is 0.500. The summed E-state index contributed by atoms with van der Waals surface area (Å²) in [7, 11) is 0. The summed E-state index contributed by atoms with van der Waals surface area (Å²) in [5, 5.41) is 0. The Labute approximate surface area is 97.6 Å². The summed E-state index contributed by atoms with van der Waals surface area (Å²) >= 11 is 0. The number of benzene rings is 1. The van der Waals surface area contributed by atoms with Gasteiger partial charge in [-0.05, 0) is 12.1 Å². The van der Waals surface area contributed by atoms with Crippen molar-refractivity contribution >= 4 is 0 Å². The van der Waals surface area contributed by atoms with Gasteiger partial charge < -0.3 is 5.73 Å². The zero-order chi connectivity index (χ0) is 13.4. The first-order chi connectivity index (χ1) is 7.65. The zero-order valence-electron chi connectivity index (χ0n) is 9.95. The maximum atomic E-state index is 14.7. The summed E-state index contributed by atoms with van der Waals surface area (Å²) in [6.45, 7) is 4.03. The van der Waals surface area contributed by atoms with E-state index in [1.807, 2.05) is 0 Å². The highest BCUT2D eigenvalue weighted by atomic mass is 19.2. The van der Waals surface area contributed by atoms with Crippen molar-refractivity contribution in [3.63, 3.8) is 0 Å². The molecular weight excluding hydrogens is 234 g/mol. The van der Waals surface area contributed by atoms with Crippen LogP contribution in [0.4, 0.5) is 17.6 Å². The summed E-state index contributed by atoms with van der Waals surface area (Å²) in [5.74, 6) is -4.55. The standard InChI is InChI=1S/C12H15F4N/c1-11(2,3)12(16,6-17)7-4-5-8(13)10(15)9(7)14/h4-5H,6,17H2,1-3H3. The Kier molecular flexibility index (Phi) is 3.52. The lowest BCUT2D eigenvalue weighted by Crippen LogP contribution is -2.43. The second kappa shape index (κ2) is 4.29. The van der Waals surface area contributed by atoms with E-state index in [9.17, 15) is 17.6 Å². The minimum atomic E-state index is -2.26. The molecule has 0 saturated carbocycles. The Bertz CT molecular complexity index is 425. The molecular formula is C12H15F4N. The van der Waals surface area contributed by atoms with E-state index in [4.69, 9.17) is 5.73 Å². The Morgan fingerprint density at radius 3 is 2.00 bits per heavy atom. The molecule has 1 aromatic carbocycles. The minimum Gasteiger partial charge on any atom is -0.327 e. The van der Waals surface area contributed by atoms with E-state index in [1.165, 1.54) is 20.8 Å². The van der Waals surface area contributed by atoms with Crippen LogP contribution < -0.4 is 5.73 Å². The molecule has 1 unspecified atom stereocenters. The molecule has 2 N–H and O–H groups in total. The first-order valence-electron chi connectivity index (χ1n) is 5.18. The van der Waals surface area contributed by atoms with Crippen LogP contribution in [0.1, 0.15) is 26.3 Å². The molecule has 17 heavy (non-hydrogen) atoms. The average Bonchev–Trinajstić information content (AvgIpc) is 2.23. The van der Waals surface area contributed by atoms with Crippen LogP contribution in [0, 0.1) is 22.9 Å². The van der Waals surface area contributed by atoms with Gasteiger partial charge >= 0.3 is 0 Å². The van der Waals surface area contributed by atoms with E-state index in [0.717, 1.165) is 6.07 Å². The van der Waals surface area contributed by atoms with Crippen molar-refractivity contribution in [2.24, 2.45) is 11.1 Å². The molecule has 1 aromatic rings. The van der Waals surface area contributed by atoms with E-state index in [-0.39, 0.29) is 0 Å². The van der Waals surface area contributed by atoms with Gasteiger partial charge in [0, 0.05) is 17.5 Å². The third-order valence-electron chi connectivity index (χ3n) is 2.93. The molecule has 0 spiro atoms. The Hall–Kier alpha value is -1.10. The molecule has 1 atom stereocenters. The first-order valence-corrected chi connectivity index (χ1v) is 5.18. The molecule has 1 nitrogen and oxygen atoms in total. The lowest BCUT2D eigenvalue weighted by molar-refractivity contribution is 0.0299. The van der Waals surface area contributed by atoms with Crippen LogP contribution in [-0.2, 0) is 5.67 Å². The summed E-state index contributed by atoms with van der Waals surface area (Å²) in [6, 6.07) is 1.59. The molecule has 0 fully saturated rings. The molecule has 0 aliphatic heterocycles. The smallest absolute Gasteiger partial charge is 0.194 e. The maximum Gasteiger partial charge on any atom is 0.194 e. The van der Waals surface area contributed by atoms with Crippen molar-refractivity contribution in [3.05, 3.63) is 35.1 Å². The molecule has 5 heteroatoms. The molecule has 96 valence electrons. The maximum absolute atomic E-state index is 14.7. The normalized spacial score (nSPS) is 15.8. The summed E-state index contributed by atoms with van der Waals surface area (Å²) in [6.07, 6.45) is 0. The predicted octanol–water partition coefficient (Wildman–Crippen LogP) is 3.27. The van der Waals surface area contributed by atoms with E-state index in [1.54, 1.807) is 0 Å². The molecule has 0 bridgehead atoms. The van der Waals surface area contributed by atoms with Crippen LogP contribution in [0.3, 0.4) is 0 Å². The molecule has 0 aliphatic rings. The molecule has 0 aliphatic carbocycles. The molecule has 0 saturated heterocycles. The highest BCUT2D eigenvalue weighted by Gasteiger charge is 2.45. The fourth-order valence-corrected chi connectivity index (χ4v) is 1.65. The highest BCUT2D eigenvalue weighted by Crippen LogP contribution is 2.43. The molecule has 0 heterocycles. The van der Waals surface area contributed by atoms with Crippen molar-refractivity contribution in [1.82, 2.24) is 0 Å². The second-order valence-corrected chi connectivity index (χ2v) is 4.98. The fourth-order valence-electron chi connectivity index (χ4n) is 1.65. The number of alkyl halides is 1. The predicted molar refractivity (Wildman–Crippen MR) is 57.6 cm³/mol. The van der Waals surface area contributed by atoms with Crippen LogP contribution >= 0.6 is 0 Å². The van der Waals surface area contributed by atoms with Crippen molar-refractivity contribution in [2.75, 3.05) is 6.54 Å². The molecule has 1 rings (SSSR count). The van der Waals surface area contributed by atoms with Crippen molar-refractivity contribution in [3.8, 4) is 0 Å². The first kappa shape index (κ1) is 14.0. The summed E-state index contributed by atoms with van der Waals surface area (Å²) < 4.78 is 54.1. The minimum absolute atomic E-state index is 0.515. The van der Waals surface area contributed by atoms with E-state index in [0.29, 0.717) is 6.07 Å². The molecule has 0 amide bonds. The number of hydrogen-bond donors (Lipinski definition) is 1. The van der Waals surface area contributed by atoms with Gasteiger partial charge in [-0.1, -0.05) is 20.8 Å². The zero-order valence-corrected chi connectivity index (χ0v) is 9.95. The quantitative estimate of drug-likeness (QED) is 0.631. The van der Waals surface area contributed by atoms with Crippen LogP contribution in [0.15, 0.2) is 12.1 Å². The number of rotatable bonds is 2. The molecule has 0 radical (unpaired) electrons. The number of nitrogens with two attached hydrogens (primary N) is 1. The Morgan fingerprint density at radius 1 is 1.06 bits per heavy atom. The van der Waals surface area contributed by atoms with Crippen molar-refractivity contribution < 1.29 is 17.6 Å². The van der Waals surface area contributed by atoms with Gasteiger partial charge in [-0.2, -0.15) is 0 Å². The lowest BCUT2D eigenvalue weighted by atomic mass is 9.73. The number of halogens is 4. The van der Waals surface area contributed by atoms with Crippen molar-refractivity contribution in [1.29, 1.82) is 0 Å². The Morgan fingerprint density at radius 2 is 1.59 bits per heavy atom. The van der Waals surface area contributed by atoms with Gasteiger partial charge in [-0.15, -0.1) is 0 Å². The molecule has 0 aromatic heterocycles. The van der Waals surface area contributed by atoms with Gasteiger partial charge in [-0.25, -0.2) is 17.6 Å². The van der Waals surface area contributed by atoms with Gasteiger partial charge in [0.25, 0.3) is 0 Å². The lowest BCUT2D eigenvalue weighted by Gasteiger charge is -2.37. The van der Waals surface area contributed by atoms with Gasteiger partial charge in [0.05, 0.1) is 0 Å². The second-order valence-electron chi connectivity index (χ2n) is 4.98. The van der Waals surface area contributed by atoms with Gasteiger partial charge in [0.15, 0.2) is 23.1 Å². The van der Waals surface area contributed by atoms with Crippen molar-refractivity contribution in [2.45, 2.75) is 26.4 Å². The summed E-state index contributed by atoms with van der Waals surface area (Å²) in [4.78, 5) is 0. The van der Waals surface area contributed by atoms with E-state index >= 15 is 0 Å². The average molecular weight is 249 g/mol. The largest absolute Gasteiger partial charge is 0.327 e. The SMILES string of the molecule is CC(C)(C)C(F)(CN)c1ccc(F)c(F)c1F. The van der Waals surface area contributed by atoms with E-state index < -0.39 is 40.6 Å². The van der Waals surface area contributed by atoms with Gasteiger partial charge in [-0.3, -0.25) is 0 Å². The Balaban J connectivity index is 3.47. The van der Waals surface area contributed by atoms with Gasteiger partial charge in [0.1, 0.15) is 0 Å². The monoisotopic (exact) mass is 249 g/mol. The summed E-state index contributed by atoms with van der Waals surface area (Å²) in [5.41, 5.74) is 1.48. The highest BCUT2D eigenvalue weighted by molar-refractivity contribution is 5.29.